The lowest BCUT2D eigenvalue weighted by Gasteiger charge is -2.19. The molecule has 0 fully saturated rings. The molecule has 0 bridgehead atoms. The second-order valence-corrected chi connectivity index (χ2v) is 7.93. The third-order valence-electron chi connectivity index (χ3n) is 4.10. The van der Waals surface area contributed by atoms with Crippen molar-refractivity contribution in [1.29, 1.82) is 0 Å². The van der Waals surface area contributed by atoms with Crippen LogP contribution >= 0.6 is 0 Å². The zero-order valence-corrected chi connectivity index (χ0v) is 16.2. The molecule has 0 radical (unpaired) electrons. The Kier molecular flexibility index (Phi) is 6.19. The summed E-state index contributed by atoms with van der Waals surface area (Å²) in [5.74, 6) is -0.0470. The fraction of sp³-hybridized carbons (Fsp3) is 0.364. The summed E-state index contributed by atoms with van der Waals surface area (Å²) in [4.78, 5) is 25.0. The first kappa shape index (κ1) is 19.7. The molecular weight excluding hydrogens is 324 g/mol. The van der Waals surface area contributed by atoms with Crippen molar-refractivity contribution >= 4 is 17.5 Å². The lowest BCUT2D eigenvalue weighted by Crippen LogP contribution is -2.28. The van der Waals surface area contributed by atoms with Crippen molar-refractivity contribution < 1.29 is 9.59 Å². The van der Waals surface area contributed by atoms with Crippen molar-refractivity contribution in [2.24, 2.45) is 5.92 Å². The summed E-state index contributed by atoms with van der Waals surface area (Å²) in [6, 6.07) is 14.6. The SMILES string of the molecule is CC(C)CNC(=O)c1ccccc1NC(=O)c1ccc(C(C)(C)C)cc1. The van der Waals surface area contributed by atoms with Gasteiger partial charge >= 0.3 is 0 Å². The predicted molar refractivity (Wildman–Crippen MR) is 107 cm³/mol. The number of hydrogen-bond acceptors (Lipinski definition) is 2. The molecule has 0 spiro atoms. The third kappa shape index (κ3) is 5.19. The normalized spacial score (nSPS) is 11.3. The Morgan fingerprint density at radius 1 is 0.923 bits per heavy atom. The van der Waals surface area contributed by atoms with Gasteiger partial charge in [0, 0.05) is 12.1 Å². The summed E-state index contributed by atoms with van der Waals surface area (Å²) in [6.07, 6.45) is 0. The van der Waals surface area contributed by atoms with Crippen LogP contribution in [-0.4, -0.2) is 18.4 Å². The lowest BCUT2D eigenvalue weighted by atomic mass is 9.86. The molecule has 2 amide bonds. The van der Waals surface area contributed by atoms with Gasteiger partial charge in [-0.3, -0.25) is 9.59 Å². The fourth-order valence-electron chi connectivity index (χ4n) is 2.50. The van der Waals surface area contributed by atoms with Crippen molar-refractivity contribution in [3.63, 3.8) is 0 Å². The third-order valence-corrected chi connectivity index (χ3v) is 4.10. The smallest absolute Gasteiger partial charge is 0.255 e. The van der Waals surface area contributed by atoms with E-state index in [1.54, 1.807) is 24.3 Å². The number of carbonyl (C=O) groups is 2. The van der Waals surface area contributed by atoms with E-state index >= 15 is 0 Å². The first-order valence-electron chi connectivity index (χ1n) is 8.97. The van der Waals surface area contributed by atoms with Crippen molar-refractivity contribution in [1.82, 2.24) is 5.32 Å². The van der Waals surface area contributed by atoms with Crippen LogP contribution < -0.4 is 10.6 Å². The van der Waals surface area contributed by atoms with Gasteiger partial charge in [-0.2, -0.15) is 0 Å². The van der Waals surface area contributed by atoms with Gasteiger partial charge in [0.25, 0.3) is 11.8 Å². The molecule has 26 heavy (non-hydrogen) atoms. The highest BCUT2D eigenvalue weighted by Crippen LogP contribution is 2.23. The molecule has 0 saturated heterocycles. The molecule has 0 atom stereocenters. The van der Waals surface area contributed by atoms with E-state index in [0.717, 1.165) is 0 Å². The maximum atomic E-state index is 12.6. The molecule has 0 aliphatic heterocycles. The summed E-state index contributed by atoms with van der Waals surface area (Å²) < 4.78 is 0. The van der Waals surface area contributed by atoms with E-state index in [9.17, 15) is 9.59 Å². The lowest BCUT2D eigenvalue weighted by molar-refractivity contribution is 0.0950. The molecule has 2 N–H and O–H groups in total. The van der Waals surface area contributed by atoms with Gasteiger partial charge in [-0.05, 0) is 41.2 Å². The van der Waals surface area contributed by atoms with Gasteiger partial charge in [0.05, 0.1) is 11.3 Å². The van der Waals surface area contributed by atoms with E-state index in [1.807, 2.05) is 38.1 Å². The van der Waals surface area contributed by atoms with E-state index in [0.29, 0.717) is 29.3 Å². The zero-order valence-electron chi connectivity index (χ0n) is 16.2. The van der Waals surface area contributed by atoms with Crippen molar-refractivity contribution in [2.45, 2.75) is 40.0 Å². The van der Waals surface area contributed by atoms with Gasteiger partial charge in [0.15, 0.2) is 0 Å². The van der Waals surface area contributed by atoms with Crippen molar-refractivity contribution in [3.05, 3.63) is 65.2 Å². The standard InChI is InChI=1S/C22H28N2O2/c1-15(2)14-23-21(26)18-8-6-7-9-19(18)24-20(25)16-10-12-17(13-11-16)22(3,4)5/h6-13,15H,14H2,1-5H3,(H,23,26)(H,24,25). The summed E-state index contributed by atoms with van der Waals surface area (Å²) in [6.45, 7) is 11.1. The van der Waals surface area contributed by atoms with Gasteiger partial charge in [-0.1, -0.05) is 58.9 Å². The highest BCUT2D eigenvalue weighted by molar-refractivity contribution is 6.09. The maximum Gasteiger partial charge on any atom is 0.255 e. The van der Waals surface area contributed by atoms with Crippen LogP contribution in [0.4, 0.5) is 5.69 Å². The van der Waals surface area contributed by atoms with E-state index in [-0.39, 0.29) is 17.2 Å². The van der Waals surface area contributed by atoms with Gasteiger partial charge in [-0.25, -0.2) is 0 Å². The molecule has 138 valence electrons. The molecule has 2 rings (SSSR count). The molecule has 0 unspecified atom stereocenters. The highest BCUT2D eigenvalue weighted by atomic mass is 16.2. The maximum absolute atomic E-state index is 12.6. The Hall–Kier alpha value is -2.62. The van der Waals surface area contributed by atoms with Crippen LogP contribution in [0.2, 0.25) is 0 Å². The Morgan fingerprint density at radius 2 is 1.54 bits per heavy atom. The topological polar surface area (TPSA) is 58.2 Å². The highest BCUT2D eigenvalue weighted by Gasteiger charge is 2.16. The van der Waals surface area contributed by atoms with Gasteiger partial charge in [0.1, 0.15) is 0 Å². The fourth-order valence-corrected chi connectivity index (χ4v) is 2.50. The van der Waals surface area contributed by atoms with Crippen LogP contribution in [0.3, 0.4) is 0 Å². The number of benzene rings is 2. The number of carbonyl (C=O) groups excluding carboxylic acids is 2. The van der Waals surface area contributed by atoms with Crippen LogP contribution in [0.1, 0.15) is 60.9 Å². The average molecular weight is 352 g/mol. The van der Waals surface area contributed by atoms with Gasteiger partial charge in [0.2, 0.25) is 0 Å². The van der Waals surface area contributed by atoms with Crippen molar-refractivity contribution in [2.75, 3.05) is 11.9 Å². The van der Waals surface area contributed by atoms with Crippen molar-refractivity contribution in [3.8, 4) is 0 Å². The zero-order chi connectivity index (χ0) is 19.3. The molecule has 0 aromatic heterocycles. The molecule has 0 heterocycles. The number of hydrogen-bond donors (Lipinski definition) is 2. The first-order chi connectivity index (χ1) is 12.2. The summed E-state index contributed by atoms with van der Waals surface area (Å²) in [7, 11) is 0. The Balaban J connectivity index is 2.15. The minimum Gasteiger partial charge on any atom is -0.352 e. The molecule has 4 nitrogen and oxygen atoms in total. The molecule has 0 aliphatic carbocycles. The predicted octanol–water partition coefficient (Wildman–Crippen LogP) is 4.62. The summed E-state index contributed by atoms with van der Waals surface area (Å²) in [5.41, 5.74) is 2.75. The minimum absolute atomic E-state index is 0.0378. The average Bonchev–Trinajstić information content (AvgIpc) is 2.59. The molecule has 2 aromatic rings. The Morgan fingerprint density at radius 3 is 2.12 bits per heavy atom. The second kappa shape index (κ2) is 8.17. The first-order valence-corrected chi connectivity index (χ1v) is 8.97. The molecular formula is C22H28N2O2. The minimum atomic E-state index is -0.227. The van der Waals surface area contributed by atoms with Crippen LogP contribution in [0.15, 0.2) is 48.5 Å². The van der Waals surface area contributed by atoms with Gasteiger partial charge < -0.3 is 10.6 Å². The van der Waals surface area contributed by atoms with E-state index in [2.05, 4.69) is 31.4 Å². The van der Waals surface area contributed by atoms with Crippen LogP contribution in [0.25, 0.3) is 0 Å². The number of amides is 2. The largest absolute Gasteiger partial charge is 0.352 e. The second-order valence-electron chi connectivity index (χ2n) is 7.93. The quantitative estimate of drug-likeness (QED) is 0.825. The monoisotopic (exact) mass is 352 g/mol. The number of anilines is 1. The number of rotatable bonds is 5. The van der Waals surface area contributed by atoms with Gasteiger partial charge in [-0.15, -0.1) is 0 Å². The van der Waals surface area contributed by atoms with Crippen LogP contribution in [-0.2, 0) is 5.41 Å². The molecule has 0 aliphatic rings. The van der Waals surface area contributed by atoms with Crippen LogP contribution in [0, 0.1) is 5.92 Å². The number of para-hydroxylation sites is 1. The molecule has 4 heteroatoms. The number of nitrogens with one attached hydrogen (secondary N) is 2. The molecule has 0 saturated carbocycles. The summed E-state index contributed by atoms with van der Waals surface area (Å²) in [5, 5.41) is 5.74. The van der Waals surface area contributed by atoms with E-state index in [4.69, 9.17) is 0 Å². The molecule has 2 aromatic carbocycles. The van der Waals surface area contributed by atoms with Crippen LogP contribution in [0.5, 0.6) is 0 Å². The Labute approximate surface area is 156 Å². The van der Waals surface area contributed by atoms with E-state index in [1.165, 1.54) is 5.56 Å². The Bertz CT molecular complexity index is 771. The van der Waals surface area contributed by atoms with E-state index < -0.39 is 0 Å². The summed E-state index contributed by atoms with van der Waals surface area (Å²) >= 11 is 0.